The third kappa shape index (κ3) is 3.29. The zero-order chi connectivity index (χ0) is 11.3. The van der Waals surface area contributed by atoms with Gasteiger partial charge in [-0.2, -0.15) is 0 Å². The predicted molar refractivity (Wildman–Crippen MR) is 63.1 cm³/mol. The Labute approximate surface area is 92.1 Å². The van der Waals surface area contributed by atoms with Crippen LogP contribution in [0.3, 0.4) is 0 Å². The van der Waals surface area contributed by atoms with Crippen LogP contribution < -0.4 is 11.3 Å². The van der Waals surface area contributed by atoms with Crippen molar-refractivity contribution < 1.29 is 0 Å². The minimum Gasteiger partial charge on any atom is -0.271 e. The number of hydrazine groups is 1. The van der Waals surface area contributed by atoms with Gasteiger partial charge in [-0.25, -0.2) is 0 Å². The van der Waals surface area contributed by atoms with E-state index in [9.17, 15) is 0 Å². The highest BCUT2D eigenvalue weighted by molar-refractivity contribution is 5.11. The van der Waals surface area contributed by atoms with Crippen molar-refractivity contribution in [1.29, 1.82) is 0 Å². The summed E-state index contributed by atoms with van der Waals surface area (Å²) in [6.07, 6.45) is 5.71. The lowest BCUT2D eigenvalue weighted by molar-refractivity contribution is 0.231. The van der Waals surface area contributed by atoms with Crippen LogP contribution in [0, 0.1) is 5.41 Å². The van der Waals surface area contributed by atoms with E-state index in [2.05, 4.69) is 37.2 Å². The molecule has 3 N–H and O–H groups in total. The molecule has 84 valence electrons. The summed E-state index contributed by atoms with van der Waals surface area (Å²) in [5.41, 5.74) is 4.34. The van der Waals surface area contributed by atoms with Crippen molar-refractivity contribution in [3.63, 3.8) is 0 Å². The van der Waals surface area contributed by atoms with Gasteiger partial charge in [-0.15, -0.1) is 0 Å². The molecule has 1 rings (SSSR count). The lowest BCUT2D eigenvalue weighted by Gasteiger charge is -2.33. The largest absolute Gasteiger partial charge is 0.271 e. The van der Waals surface area contributed by atoms with Crippen LogP contribution in [0.25, 0.3) is 0 Å². The lowest BCUT2D eigenvalue weighted by atomic mass is 9.79. The maximum absolute atomic E-state index is 5.61. The minimum atomic E-state index is 0.199. The van der Waals surface area contributed by atoms with Gasteiger partial charge in [-0.1, -0.05) is 26.8 Å². The predicted octanol–water partition coefficient (Wildman–Crippen LogP) is 1.89. The highest BCUT2D eigenvalue weighted by atomic mass is 15.2. The standard InChI is InChI=1S/C12H21N3/c1-4-12(2,3)11(15-13)8-10-6-5-7-14-9-10/h5-7,9,11,15H,4,8,13H2,1-3H3. The second-order valence-corrected chi connectivity index (χ2v) is 4.63. The maximum atomic E-state index is 5.61. The summed E-state index contributed by atoms with van der Waals surface area (Å²) in [5, 5.41) is 0. The summed E-state index contributed by atoms with van der Waals surface area (Å²) in [5.74, 6) is 5.61. The van der Waals surface area contributed by atoms with Crippen molar-refractivity contribution in [2.75, 3.05) is 0 Å². The van der Waals surface area contributed by atoms with Crippen LogP contribution >= 0.6 is 0 Å². The average molecular weight is 207 g/mol. The summed E-state index contributed by atoms with van der Waals surface area (Å²) in [4.78, 5) is 4.11. The number of nitrogens with zero attached hydrogens (tertiary/aromatic N) is 1. The van der Waals surface area contributed by atoms with Gasteiger partial charge in [0.1, 0.15) is 0 Å². The first-order valence-electron chi connectivity index (χ1n) is 5.45. The summed E-state index contributed by atoms with van der Waals surface area (Å²) in [6, 6.07) is 4.33. The van der Waals surface area contributed by atoms with Crippen LogP contribution in [0.15, 0.2) is 24.5 Å². The molecule has 1 heterocycles. The molecule has 0 bridgehead atoms. The number of nitrogens with one attached hydrogen (secondary N) is 1. The molecule has 15 heavy (non-hydrogen) atoms. The topological polar surface area (TPSA) is 50.9 Å². The molecule has 0 saturated heterocycles. The van der Waals surface area contributed by atoms with Gasteiger partial charge in [-0.3, -0.25) is 16.3 Å². The Morgan fingerprint density at radius 1 is 1.53 bits per heavy atom. The molecule has 0 radical (unpaired) electrons. The third-order valence-corrected chi connectivity index (χ3v) is 3.22. The first kappa shape index (κ1) is 12.1. The van der Waals surface area contributed by atoms with E-state index in [0.717, 1.165) is 12.8 Å². The summed E-state index contributed by atoms with van der Waals surface area (Å²) in [6.45, 7) is 6.65. The van der Waals surface area contributed by atoms with Gasteiger partial charge in [0.25, 0.3) is 0 Å². The quantitative estimate of drug-likeness (QED) is 0.572. The van der Waals surface area contributed by atoms with Crippen molar-refractivity contribution in [2.24, 2.45) is 11.3 Å². The maximum Gasteiger partial charge on any atom is 0.0302 e. The fourth-order valence-corrected chi connectivity index (χ4v) is 1.56. The minimum absolute atomic E-state index is 0.199. The van der Waals surface area contributed by atoms with Crippen LogP contribution in [0.2, 0.25) is 0 Å². The Hall–Kier alpha value is -0.930. The van der Waals surface area contributed by atoms with E-state index in [1.807, 2.05) is 12.3 Å². The molecule has 0 fully saturated rings. The van der Waals surface area contributed by atoms with Crippen LogP contribution in [0.4, 0.5) is 0 Å². The molecule has 1 aromatic heterocycles. The summed E-state index contributed by atoms with van der Waals surface area (Å²) in [7, 11) is 0. The Morgan fingerprint density at radius 3 is 2.73 bits per heavy atom. The highest BCUT2D eigenvalue weighted by Gasteiger charge is 2.26. The van der Waals surface area contributed by atoms with Crippen LogP contribution in [-0.4, -0.2) is 11.0 Å². The first-order valence-corrected chi connectivity index (χ1v) is 5.45. The van der Waals surface area contributed by atoms with Crippen LogP contribution in [-0.2, 0) is 6.42 Å². The van der Waals surface area contributed by atoms with E-state index in [1.54, 1.807) is 6.20 Å². The van der Waals surface area contributed by atoms with E-state index < -0.39 is 0 Å². The number of hydrogen-bond donors (Lipinski definition) is 2. The molecule has 0 saturated carbocycles. The van der Waals surface area contributed by atoms with Gasteiger partial charge in [0, 0.05) is 18.4 Å². The zero-order valence-electron chi connectivity index (χ0n) is 9.83. The van der Waals surface area contributed by atoms with Crippen molar-refractivity contribution in [2.45, 2.75) is 39.7 Å². The van der Waals surface area contributed by atoms with Crippen molar-refractivity contribution in [1.82, 2.24) is 10.4 Å². The van der Waals surface area contributed by atoms with Gasteiger partial charge in [-0.05, 0) is 29.9 Å². The SMILES string of the molecule is CCC(C)(C)C(Cc1cccnc1)NN. The van der Waals surface area contributed by atoms with Crippen molar-refractivity contribution in [3.05, 3.63) is 30.1 Å². The van der Waals surface area contributed by atoms with E-state index in [-0.39, 0.29) is 11.5 Å². The molecule has 0 aliphatic carbocycles. The molecular weight excluding hydrogens is 186 g/mol. The molecular formula is C12H21N3. The molecule has 3 heteroatoms. The fraction of sp³-hybridized carbons (Fsp3) is 0.583. The van der Waals surface area contributed by atoms with E-state index >= 15 is 0 Å². The average Bonchev–Trinajstić information content (AvgIpc) is 2.27. The van der Waals surface area contributed by atoms with E-state index in [4.69, 9.17) is 5.84 Å². The monoisotopic (exact) mass is 207 g/mol. The van der Waals surface area contributed by atoms with Crippen LogP contribution in [0.1, 0.15) is 32.8 Å². The van der Waals surface area contributed by atoms with E-state index in [0.29, 0.717) is 0 Å². The zero-order valence-corrected chi connectivity index (χ0v) is 9.83. The number of nitrogens with two attached hydrogens (primary N) is 1. The molecule has 0 amide bonds. The third-order valence-electron chi connectivity index (χ3n) is 3.22. The Morgan fingerprint density at radius 2 is 2.27 bits per heavy atom. The second kappa shape index (κ2) is 5.24. The number of pyridine rings is 1. The molecule has 0 aromatic carbocycles. The fourth-order valence-electron chi connectivity index (χ4n) is 1.56. The Bertz CT molecular complexity index is 282. The van der Waals surface area contributed by atoms with Crippen molar-refractivity contribution in [3.8, 4) is 0 Å². The van der Waals surface area contributed by atoms with Crippen LogP contribution in [0.5, 0.6) is 0 Å². The Kier molecular flexibility index (Phi) is 4.24. The van der Waals surface area contributed by atoms with Crippen molar-refractivity contribution >= 4 is 0 Å². The molecule has 0 aliphatic heterocycles. The lowest BCUT2D eigenvalue weighted by Crippen LogP contribution is -2.46. The molecule has 1 unspecified atom stereocenters. The Balaban J connectivity index is 2.70. The summed E-state index contributed by atoms with van der Waals surface area (Å²) >= 11 is 0. The second-order valence-electron chi connectivity index (χ2n) is 4.63. The smallest absolute Gasteiger partial charge is 0.0302 e. The number of rotatable bonds is 5. The molecule has 1 atom stereocenters. The highest BCUT2D eigenvalue weighted by Crippen LogP contribution is 2.26. The van der Waals surface area contributed by atoms with Gasteiger partial charge in [0.15, 0.2) is 0 Å². The summed E-state index contributed by atoms with van der Waals surface area (Å²) < 4.78 is 0. The normalized spacial score (nSPS) is 13.9. The van der Waals surface area contributed by atoms with E-state index in [1.165, 1.54) is 5.56 Å². The molecule has 0 aliphatic rings. The van der Waals surface area contributed by atoms with Gasteiger partial charge >= 0.3 is 0 Å². The molecule has 3 nitrogen and oxygen atoms in total. The first-order chi connectivity index (χ1) is 7.10. The van der Waals surface area contributed by atoms with Gasteiger partial charge in [0.2, 0.25) is 0 Å². The number of hydrogen-bond acceptors (Lipinski definition) is 3. The molecule has 1 aromatic rings. The van der Waals surface area contributed by atoms with Gasteiger partial charge < -0.3 is 0 Å². The van der Waals surface area contributed by atoms with Gasteiger partial charge in [0.05, 0.1) is 0 Å². The molecule has 0 spiro atoms. The number of aromatic nitrogens is 1.